The minimum atomic E-state index is 0.224. The molecular formula is C22H22N2OS. The van der Waals surface area contributed by atoms with Crippen molar-refractivity contribution in [2.45, 2.75) is 38.3 Å². The van der Waals surface area contributed by atoms with E-state index >= 15 is 0 Å². The van der Waals surface area contributed by atoms with Crippen molar-refractivity contribution in [1.29, 1.82) is 0 Å². The van der Waals surface area contributed by atoms with Crippen LogP contribution in [-0.2, 0) is 24.3 Å². The highest BCUT2D eigenvalue weighted by atomic mass is 32.1. The Hall–Kier alpha value is -2.46. The van der Waals surface area contributed by atoms with Crippen molar-refractivity contribution in [3.8, 4) is 0 Å². The average molecular weight is 362 g/mol. The molecule has 1 aliphatic rings. The first-order chi connectivity index (χ1) is 12.8. The maximum Gasteiger partial charge on any atom is 0.223 e. The highest BCUT2D eigenvalue weighted by molar-refractivity contribution is 7.07. The Morgan fingerprint density at radius 1 is 1.12 bits per heavy atom. The molecule has 0 spiro atoms. The minimum Gasteiger partial charge on any atom is -0.334 e. The molecule has 4 rings (SSSR count). The Bertz CT molecular complexity index is 861. The van der Waals surface area contributed by atoms with Gasteiger partial charge in [-0.2, -0.15) is 11.3 Å². The van der Waals surface area contributed by atoms with Crippen LogP contribution < -0.4 is 0 Å². The van der Waals surface area contributed by atoms with Crippen molar-refractivity contribution in [3.63, 3.8) is 0 Å². The van der Waals surface area contributed by atoms with E-state index in [4.69, 9.17) is 0 Å². The van der Waals surface area contributed by atoms with E-state index in [1.54, 1.807) is 17.5 Å². The van der Waals surface area contributed by atoms with Gasteiger partial charge in [-0.25, -0.2) is 0 Å². The Morgan fingerprint density at radius 3 is 2.81 bits per heavy atom. The molecule has 4 heteroatoms. The van der Waals surface area contributed by atoms with Crippen molar-refractivity contribution in [3.05, 3.63) is 87.9 Å². The van der Waals surface area contributed by atoms with Gasteiger partial charge in [-0.3, -0.25) is 9.78 Å². The van der Waals surface area contributed by atoms with Crippen LogP contribution in [0.3, 0.4) is 0 Å². The van der Waals surface area contributed by atoms with Gasteiger partial charge < -0.3 is 4.90 Å². The molecule has 0 saturated carbocycles. The van der Waals surface area contributed by atoms with E-state index < -0.39 is 0 Å². The van der Waals surface area contributed by atoms with E-state index in [1.165, 1.54) is 16.7 Å². The number of carbonyl (C=O) groups excluding carboxylic acids is 1. The molecule has 1 aromatic carbocycles. The highest BCUT2D eigenvalue weighted by Gasteiger charge is 2.26. The summed E-state index contributed by atoms with van der Waals surface area (Å²) in [5, 5.41) is 4.18. The number of thiophene rings is 1. The van der Waals surface area contributed by atoms with Crippen LogP contribution in [0.1, 0.15) is 41.0 Å². The second-order valence-electron chi connectivity index (χ2n) is 6.88. The molecule has 1 aliphatic carbocycles. The van der Waals surface area contributed by atoms with Gasteiger partial charge in [0.05, 0.1) is 0 Å². The molecule has 1 amide bonds. The van der Waals surface area contributed by atoms with E-state index in [2.05, 4.69) is 46.1 Å². The summed E-state index contributed by atoms with van der Waals surface area (Å²) in [5.74, 6) is 0.569. The first-order valence-electron chi connectivity index (χ1n) is 9.05. The van der Waals surface area contributed by atoms with Crippen LogP contribution in [0.2, 0.25) is 0 Å². The molecule has 0 radical (unpaired) electrons. The largest absolute Gasteiger partial charge is 0.334 e. The summed E-state index contributed by atoms with van der Waals surface area (Å²) in [4.78, 5) is 19.3. The summed E-state index contributed by atoms with van der Waals surface area (Å²) >= 11 is 1.67. The lowest BCUT2D eigenvalue weighted by atomic mass is 9.97. The maximum atomic E-state index is 13.1. The molecule has 0 saturated heterocycles. The van der Waals surface area contributed by atoms with E-state index in [-0.39, 0.29) is 5.91 Å². The fourth-order valence-corrected chi connectivity index (χ4v) is 4.40. The number of carbonyl (C=O) groups is 1. The van der Waals surface area contributed by atoms with Gasteiger partial charge in [0.2, 0.25) is 5.91 Å². The van der Waals surface area contributed by atoms with Crippen LogP contribution in [0.15, 0.2) is 65.6 Å². The molecule has 3 nitrogen and oxygen atoms in total. The minimum absolute atomic E-state index is 0.224. The fourth-order valence-electron chi connectivity index (χ4n) is 3.74. The lowest BCUT2D eigenvalue weighted by Crippen LogP contribution is -2.31. The number of fused-ring (bicyclic) bond motifs is 1. The first-order valence-corrected chi connectivity index (χ1v) is 9.99. The molecule has 0 fully saturated rings. The zero-order valence-corrected chi connectivity index (χ0v) is 15.5. The number of nitrogens with zero attached hydrogens (tertiary/aromatic N) is 2. The molecule has 2 heterocycles. The Balaban J connectivity index is 1.50. The van der Waals surface area contributed by atoms with E-state index in [9.17, 15) is 4.79 Å². The predicted octanol–water partition coefficient (Wildman–Crippen LogP) is 4.79. The molecule has 2 aromatic heterocycles. The number of aryl methyl sites for hydroxylation is 1. The molecule has 0 N–H and O–H groups in total. The standard InChI is InChI=1S/C22H22N2OS/c25-22(12-20-8-7-19-5-1-2-6-21(19)20)24(15-18-9-11-26-16-18)14-17-4-3-10-23-13-17/h1-6,9-11,13,16,20H,7-8,12,14-15H2/t20-/m1/s1. The van der Waals surface area contributed by atoms with Gasteiger partial charge in [-0.15, -0.1) is 0 Å². The third-order valence-corrected chi connectivity index (χ3v) is 5.81. The normalized spacial score (nSPS) is 15.6. The second-order valence-corrected chi connectivity index (χ2v) is 7.66. The monoisotopic (exact) mass is 362 g/mol. The number of amides is 1. The molecule has 3 aromatic rings. The van der Waals surface area contributed by atoms with Crippen molar-refractivity contribution in [2.75, 3.05) is 0 Å². The zero-order valence-electron chi connectivity index (χ0n) is 14.7. The number of pyridine rings is 1. The molecule has 132 valence electrons. The SMILES string of the molecule is O=C(C[C@H]1CCc2ccccc21)N(Cc1cccnc1)Cc1ccsc1. The van der Waals surface area contributed by atoms with Crippen molar-refractivity contribution in [1.82, 2.24) is 9.88 Å². The molecule has 26 heavy (non-hydrogen) atoms. The van der Waals surface area contributed by atoms with Crippen molar-refractivity contribution < 1.29 is 4.79 Å². The van der Waals surface area contributed by atoms with Gasteiger partial charge in [0.25, 0.3) is 0 Å². The van der Waals surface area contributed by atoms with Gasteiger partial charge in [0, 0.05) is 31.9 Å². The molecule has 0 bridgehead atoms. The lowest BCUT2D eigenvalue weighted by Gasteiger charge is -2.24. The van der Waals surface area contributed by atoms with E-state index in [0.717, 1.165) is 18.4 Å². The highest BCUT2D eigenvalue weighted by Crippen LogP contribution is 2.35. The van der Waals surface area contributed by atoms with Gasteiger partial charge in [0.1, 0.15) is 0 Å². The van der Waals surface area contributed by atoms with Crippen LogP contribution >= 0.6 is 11.3 Å². The smallest absolute Gasteiger partial charge is 0.223 e. The average Bonchev–Trinajstić information content (AvgIpc) is 3.32. The molecule has 0 unspecified atom stereocenters. The van der Waals surface area contributed by atoms with Crippen LogP contribution in [0.25, 0.3) is 0 Å². The van der Waals surface area contributed by atoms with Crippen LogP contribution in [0.5, 0.6) is 0 Å². The second kappa shape index (κ2) is 7.83. The van der Waals surface area contributed by atoms with Crippen molar-refractivity contribution in [2.24, 2.45) is 0 Å². The predicted molar refractivity (Wildman–Crippen MR) is 105 cm³/mol. The number of hydrogen-bond donors (Lipinski definition) is 0. The number of aromatic nitrogens is 1. The number of benzene rings is 1. The molecule has 1 atom stereocenters. The summed E-state index contributed by atoms with van der Waals surface area (Å²) in [6, 6.07) is 14.6. The summed E-state index contributed by atoms with van der Waals surface area (Å²) in [5.41, 5.74) is 5.03. The third-order valence-electron chi connectivity index (χ3n) is 5.08. The Kier molecular flexibility index (Phi) is 5.12. The summed E-state index contributed by atoms with van der Waals surface area (Å²) < 4.78 is 0. The number of rotatable bonds is 6. The van der Waals surface area contributed by atoms with Gasteiger partial charge in [-0.1, -0.05) is 30.3 Å². The summed E-state index contributed by atoms with van der Waals surface area (Å²) in [6.45, 7) is 1.27. The Labute approximate surface area is 158 Å². The fraction of sp³-hybridized carbons (Fsp3) is 0.273. The van der Waals surface area contributed by atoms with E-state index in [1.807, 2.05) is 23.2 Å². The van der Waals surface area contributed by atoms with Crippen LogP contribution in [0.4, 0.5) is 0 Å². The number of hydrogen-bond acceptors (Lipinski definition) is 3. The Morgan fingerprint density at radius 2 is 2.00 bits per heavy atom. The summed E-state index contributed by atoms with van der Waals surface area (Å²) in [6.07, 6.45) is 6.36. The maximum absolute atomic E-state index is 13.1. The first kappa shape index (κ1) is 17.0. The zero-order chi connectivity index (χ0) is 17.8. The molecule has 0 aliphatic heterocycles. The van der Waals surface area contributed by atoms with Gasteiger partial charge >= 0.3 is 0 Å². The van der Waals surface area contributed by atoms with Crippen LogP contribution in [0, 0.1) is 0 Å². The summed E-state index contributed by atoms with van der Waals surface area (Å²) in [7, 11) is 0. The third kappa shape index (κ3) is 3.86. The lowest BCUT2D eigenvalue weighted by molar-refractivity contribution is -0.132. The van der Waals surface area contributed by atoms with Gasteiger partial charge in [0.15, 0.2) is 0 Å². The van der Waals surface area contributed by atoms with E-state index in [0.29, 0.717) is 25.4 Å². The van der Waals surface area contributed by atoms with Crippen LogP contribution in [-0.4, -0.2) is 15.8 Å². The quantitative estimate of drug-likeness (QED) is 0.631. The van der Waals surface area contributed by atoms with Crippen molar-refractivity contribution >= 4 is 17.2 Å². The topological polar surface area (TPSA) is 33.2 Å². The van der Waals surface area contributed by atoms with Gasteiger partial charge in [-0.05, 0) is 63.9 Å². The molecular weight excluding hydrogens is 340 g/mol.